The number of benzene rings is 1. The molecule has 1 unspecified atom stereocenters. The Labute approximate surface area is 102 Å². The molecule has 1 aromatic rings. The lowest BCUT2D eigenvalue weighted by Gasteiger charge is -2.21. The van der Waals surface area contributed by atoms with Crippen LogP contribution >= 0.6 is 0 Å². The summed E-state index contributed by atoms with van der Waals surface area (Å²) in [7, 11) is 0. The van der Waals surface area contributed by atoms with E-state index in [-0.39, 0.29) is 5.91 Å². The lowest BCUT2D eigenvalue weighted by Crippen LogP contribution is -2.38. The Kier molecular flexibility index (Phi) is 3.67. The number of likely N-dealkylation sites (tertiary alicyclic amines) is 1. The first-order chi connectivity index (χ1) is 8.18. The van der Waals surface area contributed by atoms with E-state index < -0.39 is 6.10 Å². The molecule has 1 aromatic carbocycles. The van der Waals surface area contributed by atoms with Crippen molar-refractivity contribution in [3.63, 3.8) is 0 Å². The second-order valence-electron chi connectivity index (χ2n) is 4.56. The van der Waals surface area contributed by atoms with E-state index in [4.69, 9.17) is 4.74 Å². The predicted octanol–water partition coefficient (Wildman–Crippen LogP) is 2.38. The summed E-state index contributed by atoms with van der Waals surface area (Å²) in [6.07, 6.45) is 1.83. The van der Waals surface area contributed by atoms with Gasteiger partial charge in [0.2, 0.25) is 0 Å². The quantitative estimate of drug-likeness (QED) is 0.802. The van der Waals surface area contributed by atoms with Crippen molar-refractivity contribution in [1.82, 2.24) is 4.90 Å². The van der Waals surface area contributed by atoms with Gasteiger partial charge in [-0.05, 0) is 38.3 Å². The molecule has 92 valence electrons. The van der Waals surface area contributed by atoms with E-state index in [1.165, 1.54) is 0 Å². The first-order valence-corrected chi connectivity index (χ1v) is 6.19. The highest BCUT2D eigenvalue weighted by atomic mass is 16.5. The number of ether oxygens (including phenoxy) is 1. The third-order valence-electron chi connectivity index (χ3n) is 3.16. The number of amides is 1. The van der Waals surface area contributed by atoms with Crippen LogP contribution in [0.5, 0.6) is 5.75 Å². The summed E-state index contributed by atoms with van der Waals surface area (Å²) in [4.78, 5) is 14.0. The molecular formula is C14H19NO2. The van der Waals surface area contributed by atoms with Crippen LogP contribution in [0.2, 0.25) is 0 Å². The molecule has 3 heteroatoms. The van der Waals surface area contributed by atoms with Gasteiger partial charge in [-0.15, -0.1) is 0 Å². The van der Waals surface area contributed by atoms with Crippen molar-refractivity contribution in [3.05, 3.63) is 29.8 Å². The van der Waals surface area contributed by atoms with Gasteiger partial charge in [0, 0.05) is 13.1 Å². The molecule has 0 bridgehead atoms. The smallest absolute Gasteiger partial charge is 0.263 e. The number of rotatable bonds is 3. The normalized spacial score (nSPS) is 16.9. The molecule has 1 amide bonds. The minimum Gasteiger partial charge on any atom is -0.481 e. The van der Waals surface area contributed by atoms with E-state index in [2.05, 4.69) is 0 Å². The zero-order chi connectivity index (χ0) is 12.3. The molecule has 0 spiro atoms. The number of carbonyl (C=O) groups is 1. The van der Waals surface area contributed by atoms with Crippen LogP contribution in [0.4, 0.5) is 0 Å². The average Bonchev–Trinajstić information content (AvgIpc) is 2.84. The van der Waals surface area contributed by atoms with Crippen molar-refractivity contribution >= 4 is 5.91 Å². The fraction of sp³-hybridized carbons (Fsp3) is 0.500. The summed E-state index contributed by atoms with van der Waals surface area (Å²) in [6.45, 7) is 5.57. The van der Waals surface area contributed by atoms with Gasteiger partial charge in [-0.3, -0.25) is 4.79 Å². The van der Waals surface area contributed by atoms with Crippen LogP contribution in [0, 0.1) is 6.92 Å². The molecular weight excluding hydrogens is 214 g/mol. The number of nitrogens with zero attached hydrogens (tertiary/aromatic N) is 1. The Morgan fingerprint density at radius 1 is 1.29 bits per heavy atom. The highest BCUT2D eigenvalue weighted by Crippen LogP contribution is 2.19. The largest absolute Gasteiger partial charge is 0.481 e. The van der Waals surface area contributed by atoms with Gasteiger partial charge < -0.3 is 9.64 Å². The Balaban J connectivity index is 1.99. The van der Waals surface area contributed by atoms with E-state index in [1.54, 1.807) is 0 Å². The Morgan fingerprint density at radius 3 is 2.59 bits per heavy atom. The summed E-state index contributed by atoms with van der Waals surface area (Å²) in [5.74, 6) is 0.901. The first-order valence-electron chi connectivity index (χ1n) is 6.19. The molecule has 1 saturated heterocycles. The minimum atomic E-state index is -0.394. The van der Waals surface area contributed by atoms with E-state index in [9.17, 15) is 4.79 Å². The SMILES string of the molecule is Cc1ccccc1OC(C)C(=O)N1CCCC1. The Hall–Kier alpha value is -1.51. The zero-order valence-electron chi connectivity index (χ0n) is 10.5. The maximum Gasteiger partial charge on any atom is 0.263 e. The summed E-state index contributed by atoms with van der Waals surface area (Å²) in [6, 6.07) is 7.79. The average molecular weight is 233 g/mol. The molecule has 0 aromatic heterocycles. The lowest BCUT2D eigenvalue weighted by molar-refractivity contribution is -0.136. The van der Waals surface area contributed by atoms with E-state index in [0.29, 0.717) is 0 Å². The van der Waals surface area contributed by atoms with Gasteiger partial charge in [-0.1, -0.05) is 18.2 Å². The molecule has 0 saturated carbocycles. The molecule has 0 aliphatic carbocycles. The Morgan fingerprint density at radius 2 is 1.94 bits per heavy atom. The number of hydrogen-bond acceptors (Lipinski definition) is 2. The van der Waals surface area contributed by atoms with Gasteiger partial charge in [0.05, 0.1) is 0 Å². The van der Waals surface area contributed by atoms with Crippen molar-refractivity contribution in [3.8, 4) is 5.75 Å². The monoisotopic (exact) mass is 233 g/mol. The Bertz CT molecular complexity index is 397. The van der Waals surface area contributed by atoms with Crippen LogP contribution in [0.25, 0.3) is 0 Å². The summed E-state index contributed by atoms with van der Waals surface area (Å²) in [5, 5.41) is 0. The molecule has 3 nitrogen and oxygen atoms in total. The van der Waals surface area contributed by atoms with Crippen LogP contribution in [-0.4, -0.2) is 30.0 Å². The molecule has 0 radical (unpaired) electrons. The third kappa shape index (κ3) is 2.78. The van der Waals surface area contributed by atoms with Crippen LogP contribution in [-0.2, 0) is 4.79 Å². The lowest BCUT2D eigenvalue weighted by atomic mass is 10.2. The van der Waals surface area contributed by atoms with Gasteiger partial charge in [0.1, 0.15) is 5.75 Å². The molecule has 1 fully saturated rings. The molecule has 0 N–H and O–H groups in total. The maximum atomic E-state index is 12.1. The summed E-state index contributed by atoms with van der Waals surface area (Å²) < 4.78 is 5.73. The van der Waals surface area contributed by atoms with Gasteiger partial charge in [0.15, 0.2) is 6.10 Å². The molecule has 17 heavy (non-hydrogen) atoms. The van der Waals surface area contributed by atoms with E-state index in [1.807, 2.05) is 43.0 Å². The standard InChI is InChI=1S/C14H19NO2/c1-11-7-3-4-8-13(11)17-12(2)14(16)15-9-5-6-10-15/h3-4,7-8,12H,5-6,9-10H2,1-2H3. The van der Waals surface area contributed by atoms with Gasteiger partial charge in [-0.2, -0.15) is 0 Å². The number of aryl methyl sites for hydroxylation is 1. The van der Waals surface area contributed by atoms with Crippen molar-refractivity contribution in [2.45, 2.75) is 32.8 Å². The molecule has 2 rings (SSSR count). The van der Waals surface area contributed by atoms with E-state index >= 15 is 0 Å². The zero-order valence-corrected chi connectivity index (χ0v) is 10.5. The van der Waals surface area contributed by atoms with Crippen molar-refractivity contribution in [1.29, 1.82) is 0 Å². The third-order valence-corrected chi connectivity index (χ3v) is 3.16. The molecule has 1 atom stereocenters. The van der Waals surface area contributed by atoms with Crippen molar-refractivity contribution < 1.29 is 9.53 Å². The van der Waals surface area contributed by atoms with Crippen molar-refractivity contribution in [2.24, 2.45) is 0 Å². The minimum absolute atomic E-state index is 0.103. The number of para-hydroxylation sites is 1. The number of carbonyl (C=O) groups excluding carboxylic acids is 1. The highest BCUT2D eigenvalue weighted by Gasteiger charge is 2.24. The topological polar surface area (TPSA) is 29.5 Å². The predicted molar refractivity (Wildman–Crippen MR) is 67.1 cm³/mol. The van der Waals surface area contributed by atoms with Crippen molar-refractivity contribution in [2.75, 3.05) is 13.1 Å². The van der Waals surface area contributed by atoms with E-state index in [0.717, 1.165) is 37.2 Å². The summed E-state index contributed by atoms with van der Waals surface area (Å²) >= 11 is 0. The number of hydrogen-bond donors (Lipinski definition) is 0. The van der Waals surface area contributed by atoms with Crippen LogP contribution in [0.1, 0.15) is 25.3 Å². The highest BCUT2D eigenvalue weighted by molar-refractivity contribution is 5.81. The van der Waals surface area contributed by atoms with Crippen LogP contribution in [0.15, 0.2) is 24.3 Å². The fourth-order valence-corrected chi connectivity index (χ4v) is 2.12. The maximum absolute atomic E-state index is 12.1. The van der Waals surface area contributed by atoms with Crippen LogP contribution < -0.4 is 4.74 Å². The van der Waals surface area contributed by atoms with Gasteiger partial charge in [0.25, 0.3) is 5.91 Å². The molecule has 1 aliphatic heterocycles. The second kappa shape index (κ2) is 5.21. The molecule has 1 aliphatic rings. The van der Waals surface area contributed by atoms with Crippen LogP contribution in [0.3, 0.4) is 0 Å². The van der Waals surface area contributed by atoms with Gasteiger partial charge in [-0.25, -0.2) is 0 Å². The first kappa shape index (κ1) is 12.0. The molecule has 1 heterocycles. The van der Waals surface area contributed by atoms with Gasteiger partial charge >= 0.3 is 0 Å². The summed E-state index contributed by atoms with van der Waals surface area (Å²) in [5.41, 5.74) is 1.06. The second-order valence-corrected chi connectivity index (χ2v) is 4.56. The fourth-order valence-electron chi connectivity index (χ4n) is 2.12.